The van der Waals surface area contributed by atoms with E-state index in [1.54, 1.807) is 24.3 Å². The van der Waals surface area contributed by atoms with Gasteiger partial charge in [0, 0.05) is 0 Å². The Morgan fingerprint density at radius 2 is 1.65 bits per heavy atom. The first-order valence-corrected chi connectivity index (χ1v) is 8.03. The van der Waals surface area contributed by atoms with Crippen LogP contribution in [0.4, 0.5) is 0 Å². The van der Waals surface area contributed by atoms with E-state index in [-0.39, 0.29) is 5.38 Å². The number of sulfone groups is 1. The molecule has 2 atom stereocenters. The number of hydrogen-bond acceptors (Lipinski definition) is 2. The second-order valence-electron chi connectivity index (χ2n) is 4.55. The van der Waals surface area contributed by atoms with Gasteiger partial charge in [0.1, 0.15) is 0 Å². The molecule has 1 aliphatic rings. The maximum atomic E-state index is 12.5. The molecule has 0 radical (unpaired) electrons. The average molecular weight is 273 g/mol. The summed E-state index contributed by atoms with van der Waals surface area (Å²) in [5, 5.41) is -0.670. The van der Waals surface area contributed by atoms with E-state index < -0.39 is 15.1 Å². The zero-order chi connectivity index (χ0) is 12.3. The molecule has 94 valence electrons. The molecular weight excluding hydrogens is 256 g/mol. The third kappa shape index (κ3) is 2.83. The molecule has 2 nitrogen and oxygen atoms in total. The van der Waals surface area contributed by atoms with Crippen LogP contribution in [0.2, 0.25) is 0 Å². The van der Waals surface area contributed by atoms with Crippen LogP contribution in [-0.2, 0) is 9.84 Å². The summed E-state index contributed by atoms with van der Waals surface area (Å²) >= 11 is 6.24. The molecule has 1 saturated carbocycles. The van der Waals surface area contributed by atoms with Crippen molar-refractivity contribution in [2.75, 3.05) is 0 Å². The Kier molecular flexibility index (Phi) is 4.10. The third-order valence-corrected chi connectivity index (χ3v) is 6.30. The van der Waals surface area contributed by atoms with Crippen LogP contribution in [0, 0.1) is 0 Å². The minimum Gasteiger partial charge on any atom is -0.223 e. The number of rotatable bonds is 2. The molecule has 1 fully saturated rings. The Hall–Kier alpha value is -0.540. The molecule has 0 bridgehead atoms. The summed E-state index contributed by atoms with van der Waals surface area (Å²) in [6, 6.07) is 8.65. The lowest BCUT2D eigenvalue weighted by Gasteiger charge is -2.19. The van der Waals surface area contributed by atoms with E-state index in [1.807, 2.05) is 6.07 Å². The molecule has 0 heterocycles. The van der Waals surface area contributed by atoms with Crippen molar-refractivity contribution in [3.63, 3.8) is 0 Å². The molecule has 0 amide bonds. The van der Waals surface area contributed by atoms with Crippen molar-refractivity contribution in [3.05, 3.63) is 30.3 Å². The highest BCUT2D eigenvalue weighted by molar-refractivity contribution is 7.92. The van der Waals surface area contributed by atoms with Crippen LogP contribution in [0.25, 0.3) is 0 Å². The van der Waals surface area contributed by atoms with Gasteiger partial charge in [-0.3, -0.25) is 0 Å². The summed E-state index contributed by atoms with van der Waals surface area (Å²) in [7, 11) is -3.27. The van der Waals surface area contributed by atoms with E-state index >= 15 is 0 Å². The minimum absolute atomic E-state index is 0.247. The SMILES string of the molecule is O=S(=O)(c1ccccc1)[C@@H]1CCCCC[C@H]1Cl. The Morgan fingerprint density at radius 1 is 1.00 bits per heavy atom. The van der Waals surface area contributed by atoms with Crippen molar-refractivity contribution < 1.29 is 8.42 Å². The zero-order valence-corrected chi connectivity index (χ0v) is 11.3. The van der Waals surface area contributed by atoms with E-state index in [4.69, 9.17) is 11.6 Å². The van der Waals surface area contributed by atoms with Gasteiger partial charge in [0.05, 0.1) is 15.5 Å². The third-order valence-electron chi connectivity index (χ3n) is 3.34. The quantitative estimate of drug-likeness (QED) is 0.611. The van der Waals surface area contributed by atoms with Gasteiger partial charge < -0.3 is 0 Å². The van der Waals surface area contributed by atoms with Crippen LogP contribution in [-0.4, -0.2) is 19.0 Å². The van der Waals surface area contributed by atoms with Crippen LogP contribution in [0.3, 0.4) is 0 Å². The van der Waals surface area contributed by atoms with E-state index in [0.29, 0.717) is 11.3 Å². The smallest absolute Gasteiger partial charge is 0.182 e. The van der Waals surface area contributed by atoms with Crippen LogP contribution in [0.5, 0.6) is 0 Å². The average Bonchev–Trinajstić information content (AvgIpc) is 2.55. The van der Waals surface area contributed by atoms with Crippen molar-refractivity contribution in [3.8, 4) is 0 Å². The first kappa shape index (κ1) is 12.9. The Bertz CT molecular complexity index is 456. The summed E-state index contributed by atoms with van der Waals surface area (Å²) in [5.41, 5.74) is 0. The van der Waals surface area contributed by atoms with Gasteiger partial charge >= 0.3 is 0 Å². The first-order chi connectivity index (χ1) is 8.12. The predicted octanol–water partition coefficient (Wildman–Crippen LogP) is 3.40. The largest absolute Gasteiger partial charge is 0.223 e. The van der Waals surface area contributed by atoms with Crippen LogP contribution in [0.1, 0.15) is 32.1 Å². The fourth-order valence-corrected chi connectivity index (χ4v) is 4.94. The number of alkyl halides is 1. The van der Waals surface area contributed by atoms with Crippen LogP contribution < -0.4 is 0 Å². The molecule has 1 aromatic carbocycles. The summed E-state index contributed by atoms with van der Waals surface area (Å²) in [4.78, 5) is 0.401. The molecule has 17 heavy (non-hydrogen) atoms. The summed E-state index contributed by atoms with van der Waals surface area (Å²) in [6.45, 7) is 0. The standard InChI is InChI=1S/C13H17ClO2S/c14-12-9-5-2-6-10-13(12)17(15,16)11-7-3-1-4-8-11/h1,3-4,7-8,12-13H,2,5-6,9-10H2/t12-,13-/m1/s1. The maximum Gasteiger partial charge on any atom is 0.182 e. The number of halogens is 1. The molecule has 0 aliphatic heterocycles. The van der Waals surface area contributed by atoms with Crippen LogP contribution >= 0.6 is 11.6 Å². The van der Waals surface area contributed by atoms with Gasteiger partial charge in [-0.2, -0.15) is 0 Å². The molecule has 0 aromatic heterocycles. The van der Waals surface area contributed by atoms with E-state index in [0.717, 1.165) is 25.7 Å². The monoisotopic (exact) mass is 272 g/mol. The first-order valence-electron chi connectivity index (χ1n) is 6.05. The molecule has 1 aliphatic carbocycles. The van der Waals surface area contributed by atoms with E-state index in [1.165, 1.54) is 0 Å². The molecule has 1 aromatic rings. The van der Waals surface area contributed by atoms with Gasteiger partial charge in [-0.1, -0.05) is 37.5 Å². The zero-order valence-electron chi connectivity index (χ0n) is 9.68. The molecule has 4 heteroatoms. The lowest BCUT2D eigenvalue weighted by Crippen LogP contribution is -2.29. The highest BCUT2D eigenvalue weighted by Gasteiger charge is 2.34. The molecule has 0 unspecified atom stereocenters. The van der Waals surface area contributed by atoms with Crippen molar-refractivity contribution in [2.45, 2.75) is 47.6 Å². The summed E-state index contributed by atoms with van der Waals surface area (Å²) in [6.07, 6.45) is 4.57. The van der Waals surface area contributed by atoms with E-state index in [2.05, 4.69) is 0 Å². The molecule has 0 saturated heterocycles. The van der Waals surface area contributed by atoms with E-state index in [9.17, 15) is 8.42 Å². The van der Waals surface area contributed by atoms with Gasteiger partial charge in [-0.25, -0.2) is 8.42 Å². The lowest BCUT2D eigenvalue weighted by molar-refractivity contribution is 0.565. The number of benzene rings is 1. The van der Waals surface area contributed by atoms with Crippen molar-refractivity contribution in [2.24, 2.45) is 0 Å². The Labute approximate surface area is 108 Å². The molecule has 0 spiro atoms. The Balaban J connectivity index is 2.31. The highest BCUT2D eigenvalue weighted by Crippen LogP contribution is 2.31. The van der Waals surface area contributed by atoms with Gasteiger partial charge in [0.15, 0.2) is 9.84 Å². The predicted molar refractivity (Wildman–Crippen MR) is 70.1 cm³/mol. The maximum absolute atomic E-state index is 12.5. The topological polar surface area (TPSA) is 34.1 Å². The fourth-order valence-electron chi connectivity index (χ4n) is 2.36. The van der Waals surface area contributed by atoms with Gasteiger partial charge in [-0.15, -0.1) is 11.6 Å². The van der Waals surface area contributed by atoms with Gasteiger partial charge in [0.2, 0.25) is 0 Å². The highest BCUT2D eigenvalue weighted by atomic mass is 35.5. The number of hydrogen-bond donors (Lipinski definition) is 0. The molecule has 2 rings (SSSR count). The lowest BCUT2D eigenvalue weighted by atomic mass is 10.2. The second kappa shape index (κ2) is 5.40. The van der Waals surface area contributed by atoms with Gasteiger partial charge in [0.25, 0.3) is 0 Å². The van der Waals surface area contributed by atoms with Crippen LogP contribution in [0.15, 0.2) is 35.2 Å². The Morgan fingerprint density at radius 3 is 2.35 bits per heavy atom. The van der Waals surface area contributed by atoms with Crippen molar-refractivity contribution >= 4 is 21.4 Å². The summed E-state index contributed by atoms with van der Waals surface area (Å²) in [5.74, 6) is 0. The summed E-state index contributed by atoms with van der Waals surface area (Å²) < 4.78 is 24.9. The van der Waals surface area contributed by atoms with Crippen molar-refractivity contribution in [1.29, 1.82) is 0 Å². The van der Waals surface area contributed by atoms with Gasteiger partial charge in [-0.05, 0) is 25.0 Å². The second-order valence-corrected chi connectivity index (χ2v) is 7.28. The van der Waals surface area contributed by atoms with Crippen molar-refractivity contribution in [1.82, 2.24) is 0 Å². The fraction of sp³-hybridized carbons (Fsp3) is 0.538. The molecular formula is C13H17ClO2S. The molecule has 0 N–H and O–H groups in total. The normalized spacial score (nSPS) is 26.4. The minimum atomic E-state index is -3.27.